The van der Waals surface area contributed by atoms with Gasteiger partial charge >= 0.3 is 7.12 Å². The molecule has 40 heavy (non-hydrogen) atoms. The predicted octanol–water partition coefficient (Wildman–Crippen LogP) is 1.60. The highest BCUT2D eigenvalue weighted by Gasteiger charge is 2.51. The molecule has 0 N–H and O–H groups in total. The summed E-state index contributed by atoms with van der Waals surface area (Å²) in [5, 5.41) is 4.02. The summed E-state index contributed by atoms with van der Waals surface area (Å²) >= 11 is 0. The average molecular weight is 505 g/mol. The van der Waals surface area contributed by atoms with Crippen molar-refractivity contribution < 1.29 is 9.31 Å². The van der Waals surface area contributed by atoms with Crippen molar-refractivity contribution in [3.8, 4) is 22.3 Å². The molecule has 0 atom stereocenters. The van der Waals surface area contributed by atoms with Crippen LogP contribution in [-0.2, 0) is 9.31 Å². The van der Waals surface area contributed by atoms with Gasteiger partial charge in [0.05, 0.1) is 11.2 Å². The molecule has 10 radical (unpaired) electrons. The molecule has 0 unspecified atom stereocenters. The van der Waals surface area contributed by atoms with Crippen molar-refractivity contribution in [3.63, 3.8) is 0 Å². The van der Waals surface area contributed by atoms with Crippen LogP contribution in [0.25, 0.3) is 43.8 Å². The van der Waals surface area contributed by atoms with E-state index in [1.165, 1.54) is 0 Å². The van der Waals surface area contributed by atoms with Crippen LogP contribution in [0.5, 0.6) is 0 Å². The Morgan fingerprint density at radius 3 is 1.40 bits per heavy atom. The lowest BCUT2D eigenvalue weighted by Gasteiger charge is -2.32. The van der Waals surface area contributed by atoms with Crippen LogP contribution in [-0.4, -0.2) is 57.6 Å². The number of hydrogen-bond donors (Lipinski definition) is 0. The van der Waals surface area contributed by atoms with Crippen molar-refractivity contribution in [3.05, 3.63) is 72.8 Å². The molecule has 1 aliphatic heterocycles. The van der Waals surface area contributed by atoms with Gasteiger partial charge in [-0.25, -0.2) is 0 Å². The Hall–Kier alpha value is -3.07. The third-order valence-electron chi connectivity index (χ3n) is 8.58. The molecule has 0 saturated carbocycles. The van der Waals surface area contributed by atoms with E-state index >= 15 is 0 Å². The SMILES string of the molecule is [B]c1c([B])c([B])c(-c2c3ccccc3c(-c3cccc(B4OC(C)(C)C(C)(C)O4)c3)c3ccccc23)c([B])c1[B]. The van der Waals surface area contributed by atoms with Gasteiger partial charge in [0.2, 0.25) is 0 Å². The highest BCUT2D eigenvalue weighted by atomic mass is 16.7. The summed E-state index contributed by atoms with van der Waals surface area (Å²) in [6, 6.07) is 24.8. The first-order chi connectivity index (χ1) is 18.9. The Labute approximate surface area is 243 Å². The van der Waals surface area contributed by atoms with E-state index in [-0.39, 0.29) is 16.4 Å². The Kier molecular flexibility index (Phi) is 6.44. The highest BCUT2D eigenvalue weighted by Crippen LogP contribution is 2.43. The minimum atomic E-state index is -0.470. The van der Waals surface area contributed by atoms with E-state index in [0.29, 0.717) is 16.5 Å². The smallest absolute Gasteiger partial charge is 0.399 e. The van der Waals surface area contributed by atoms with Crippen LogP contribution in [0.2, 0.25) is 0 Å². The molecule has 5 aromatic carbocycles. The van der Waals surface area contributed by atoms with Gasteiger partial charge in [0.15, 0.2) is 0 Å². The fraction of sp³-hybridized carbons (Fsp3) is 0.188. The van der Waals surface area contributed by atoms with Crippen molar-refractivity contribution >= 4 is 101 Å². The van der Waals surface area contributed by atoms with Gasteiger partial charge in [-0.2, -0.15) is 0 Å². The van der Waals surface area contributed by atoms with Crippen molar-refractivity contribution in [2.45, 2.75) is 38.9 Å². The molecule has 0 spiro atoms. The highest BCUT2D eigenvalue weighted by molar-refractivity contribution is 6.69. The number of rotatable bonds is 3. The van der Waals surface area contributed by atoms with Crippen LogP contribution in [0.1, 0.15) is 27.7 Å². The molecule has 0 amide bonds. The van der Waals surface area contributed by atoms with Crippen LogP contribution < -0.4 is 32.8 Å². The van der Waals surface area contributed by atoms with Gasteiger partial charge in [0.25, 0.3) is 0 Å². The normalized spacial score (nSPS) is 16.1. The average Bonchev–Trinajstić information content (AvgIpc) is 3.17. The second-order valence-electron chi connectivity index (χ2n) is 11.5. The van der Waals surface area contributed by atoms with Gasteiger partial charge in [-0.05, 0) is 77.0 Å². The quantitative estimate of drug-likeness (QED) is 0.274. The maximum absolute atomic E-state index is 6.58. The lowest BCUT2D eigenvalue weighted by molar-refractivity contribution is 0.00578. The largest absolute Gasteiger partial charge is 0.494 e. The second-order valence-corrected chi connectivity index (χ2v) is 11.5. The number of benzene rings is 5. The van der Waals surface area contributed by atoms with E-state index < -0.39 is 18.3 Å². The maximum atomic E-state index is 6.58. The third kappa shape index (κ3) is 4.03. The van der Waals surface area contributed by atoms with Crippen LogP contribution in [0.15, 0.2) is 72.8 Å². The van der Waals surface area contributed by atoms with Crippen molar-refractivity contribution in [1.82, 2.24) is 0 Å². The summed E-state index contributed by atoms with van der Waals surface area (Å²) in [6.07, 6.45) is 0. The zero-order valence-electron chi connectivity index (χ0n) is 23.2. The predicted molar refractivity (Wildman–Crippen MR) is 175 cm³/mol. The Balaban J connectivity index is 1.65. The van der Waals surface area contributed by atoms with Gasteiger partial charge < -0.3 is 9.31 Å². The molecule has 1 saturated heterocycles. The van der Waals surface area contributed by atoms with E-state index in [1.807, 2.05) is 36.4 Å². The van der Waals surface area contributed by atoms with Gasteiger partial charge in [-0.3, -0.25) is 0 Å². The minimum Gasteiger partial charge on any atom is -0.399 e. The van der Waals surface area contributed by atoms with Gasteiger partial charge in [-0.15, -0.1) is 16.4 Å². The molecular formula is C32H24B6O2. The summed E-state index contributed by atoms with van der Waals surface area (Å²) in [5.74, 6) is 0. The fourth-order valence-corrected chi connectivity index (χ4v) is 5.65. The molecule has 8 heteroatoms. The monoisotopic (exact) mass is 506 g/mol. The van der Waals surface area contributed by atoms with Crippen LogP contribution in [0, 0.1) is 0 Å². The van der Waals surface area contributed by atoms with Crippen molar-refractivity contribution in [2.24, 2.45) is 0 Å². The van der Waals surface area contributed by atoms with E-state index in [1.54, 1.807) is 0 Å². The number of fused-ring (bicyclic) bond motifs is 2. The first-order valence-corrected chi connectivity index (χ1v) is 13.3. The first-order valence-electron chi connectivity index (χ1n) is 13.3. The topological polar surface area (TPSA) is 18.5 Å². The molecule has 0 aliphatic carbocycles. The zero-order valence-corrected chi connectivity index (χ0v) is 23.2. The summed E-state index contributed by atoms with van der Waals surface area (Å²) in [5.41, 5.74) is 4.97. The molecule has 1 aliphatic rings. The Morgan fingerprint density at radius 2 is 0.925 bits per heavy atom. The second kappa shape index (κ2) is 9.50. The standard InChI is InChI=1S/C32H24B6O2/c1-31(2)32(3,4)40-38(39-31)18-11-9-10-17(16-18)23-19-12-5-7-14-21(19)24(22-15-8-6-13-20(22)23)25-26(33)28(35)30(37)29(36)27(25)34/h5-16H,1-4H3. The molecule has 1 fully saturated rings. The van der Waals surface area contributed by atoms with Gasteiger partial charge in [0, 0.05) is 0 Å². The third-order valence-corrected chi connectivity index (χ3v) is 8.58. The van der Waals surface area contributed by atoms with Crippen molar-refractivity contribution in [1.29, 1.82) is 0 Å². The van der Waals surface area contributed by atoms with E-state index in [9.17, 15) is 0 Å². The lowest BCUT2D eigenvalue weighted by atomic mass is 9.59. The summed E-state index contributed by atoms with van der Waals surface area (Å²) in [6.45, 7) is 8.24. The van der Waals surface area contributed by atoms with Crippen molar-refractivity contribution in [2.75, 3.05) is 0 Å². The van der Waals surface area contributed by atoms with Gasteiger partial charge in [-0.1, -0.05) is 83.7 Å². The molecule has 0 bridgehead atoms. The summed E-state index contributed by atoms with van der Waals surface area (Å²) in [4.78, 5) is 0. The summed E-state index contributed by atoms with van der Waals surface area (Å²) < 4.78 is 12.7. The van der Waals surface area contributed by atoms with Crippen LogP contribution in [0.4, 0.5) is 0 Å². The van der Waals surface area contributed by atoms with E-state index in [4.69, 9.17) is 48.5 Å². The first kappa shape index (κ1) is 27.1. The van der Waals surface area contributed by atoms with Crippen LogP contribution >= 0.6 is 0 Å². The van der Waals surface area contributed by atoms with Crippen LogP contribution in [0.3, 0.4) is 0 Å². The molecule has 2 nitrogen and oxygen atoms in total. The number of hydrogen-bond acceptors (Lipinski definition) is 2. The molecule has 5 aromatic rings. The van der Waals surface area contributed by atoms with E-state index in [0.717, 1.165) is 43.7 Å². The summed E-state index contributed by atoms with van der Waals surface area (Å²) in [7, 11) is 31.4. The van der Waals surface area contributed by atoms with Gasteiger partial charge in [0.1, 0.15) is 39.2 Å². The molecule has 1 heterocycles. The fourth-order valence-electron chi connectivity index (χ4n) is 5.65. The molecular weight excluding hydrogens is 481 g/mol. The molecule has 182 valence electrons. The maximum Gasteiger partial charge on any atom is 0.494 e. The van der Waals surface area contributed by atoms with E-state index in [2.05, 4.69) is 64.1 Å². The lowest BCUT2D eigenvalue weighted by Crippen LogP contribution is -2.55. The molecule has 6 rings (SSSR count). The zero-order chi connectivity index (χ0) is 28.6. The minimum absolute atomic E-state index is 0.198. The Morgan fingerprint density at radius 1 is 0.500 bits per heavy atom. The molecule has 0 aromatic heterocycles. The Bertz CT molecular complexity index is 1730.